The lowest BCUT2D eigenvalue weighted by molar-refractivity contribution is -0.157. The monoisotopic (exact) mass is 224 g/mol. The van der Waals surface area contributed by atoms with Gasteiger partial charge < -0.3 is 4.74 Å². The Morgan fingerprint density at radius 3 is 2.50 bits per heavy atom. The van der Waals surface area contributed by atoms with Crippen molar-refractivity contribution in [1.82, 2.24) is 0 Å². The smallest absolute Gasteiger partial charge is 0.308 e. The van der Waals surface area contributed by atoms with Crippen LogP contribution in [0.5, 0.6) is 0 Å². The summed E-state index contributed by atoms with van der Waals surface area (Å²) in [6, 6.07) is 0. The Morgan fingerprint density at radius 1 is 1.38 bits per heavy atom. The number of esters is 1. The van der Waals surface area contributed by atoms with Crippen molar-refractivity contribution < 1.29 is 9.53 Å². The van der Waals surface area contributed by atoms with Crippen LogP contribution in [-0.4, -0.2) is 12.1 Å². The second-order valence-electron chi connectivity index (χ2n) is 5.46. The van der Waals surface area contributed by atoms with Gasteiger partial charge in [-0.15, -0.1) is 0 Å². The molecule has 92 valence electrons. The molecule has 0 aliphatic heterocycles. The zero-order chi connectivity index (χ0) is 12.3. The lowest BCUT2D eigenvalue weighted by Crippen LogP contribution is -2.33. The van der Waals surface area contributed by atoms with E-state index >= 15 is 0 Å². The number of carbonyl (C=O) groups excluding carboxylic acids is 1. The molecular formula is C14H24O2. The summed E-state index contributed by atoms with van der Waals surface area (Å²) >= 11 is 0. The lowest BCUT2D eigenvalue weighted by Gasteiger charge is -2.34. The van der Waals surface area contributed by atoms with Crippen molar-refractivity contribution in [1.29, 1.82) is 0 Å². The molecule has 2 heteroatoms. The highest BCUT2D eigenvalue weighted by Gasteiger charge is 2.31. The molecule has 0 bridgehead atoms. The summed E-state index contributed by atoms with van der Waals surface area (Å²) in [6.45, 7) is 12.0. The van der Waals surface area contributed by atoms with Gasteiger partial charge in [0.15, 0.2) is 0 Å². The molecule has 0 aromatic rings. The van der Waals surface area contributed by atoms with Crippen LogP contribution in [0.1, 0.15) is 47.0 Å². The summed E-state index contributed by atoms with van der Waals surface area (Å²) in [5.74, 6) is 0.913. The molecule has 0 saturated heterocycles. The first-order valence-electron chi connectivity index (χ1n) is 6.27. The first kappa shape index (κ1) is 13.3. The van der Waals surface area contributed by atoms with Gasteiger partial charge >= 0.3 is 5.97 Å². The van der Waals surface area contributed by atoms with Crippen LogP contribution in [0.3, 0.4) is 0 Å². The van der Waals surface area contributed by atoms with Crippen LogP contribution >= 0.6 is 0 Å². The number of rotatable bonds is 3. The van der Waals surface area contributed by atoms with Crippen LogP contribution in [0.4, 0.5) is 0 Å². The largest absolute Gasteiger partial charge is 0.462 e. The van der Waals surface area contributed by atoms with Crippen LogP contribution < -0.4 is 0 Å². The molecule has 3 atom stereocenters. The van der Waals surface area contributed by atoms with Gasteiger partial charge in [0, 0.05) is 0 Å². The minimum atomic E-state index is -0.0702. The molecule has 0 radical (unpaired) electrons. The Balaban J connectivity index is 2.56. The average Bonchev–Trinajstić information content (AvgIpc) is 2.20. The van der Waals surface area contributed by atoms with E-state index in [4.69, 9.17) is 4.74 Å². The maximum absolute atomic E-state index is 11.6. The lowest BCUT2D eigenvalue weighted by atomic mass is 9.78. The van der Waals surface area contributed by atoms with Gasteiger partial charge in [0.05, 0.1) is 5.92 Å². The van der Waals surface area contributed by atoms with Crippen LogP contribution in [0, 0.1) is 17.8 Å². The van der Waals surface area contributed by atoms with Gasteiger partial charge in [-0.25, -0.2) is 0 Å². The quantitative estimate of drug-likeness (QED) is 0.541. The van der Waals surface area contributed by atoms with E-state index < -0.39 is 0 Å². The Kier molecular flexibility index (Phi) is 4.57. The van der Waals surface area contributed by atoms with Gasteiger partial charge in [-0.2, -0.15) is 0 Å². The van der Waals surface area contributed by atoms with E-state index in [1.165, 1.54) is 12.0 Å². The molecule has 1 rings (SSSR count). The Morgan fingerprint density at radius 2 is 2.00 bits per heavy atom. The molecule has 0 aromatic carbocycles. The molecule has 1 fully saturated rings. The first-order chi connectivity index (χ1) is 7.41. The minimum absolute atomic E-state index is 0.0302. The minimum Gasteiger partial charge on any atom is -0.462 e. The number of carbonyl (C=O) groups is 1. The van der Waals surface area contributed by atoms with Gasteiger partial charge in [-0.05, 0) is 38.0 Å². The molecule has 0 amide bonds. The third-order valence-electron chi connectivity index (χ3n) is 3.56. The van der Waals surface area contributed by atoms with E-state index in [1.54, 1.807) is 0 Å². The van der Waals surface area contributed by atoms with Crippen molar-refractivity contribution in [3.63, 3.8) is 0 Å². The van der Waals surface area contributed by atoms with Gasteiger partial charge in [0.2, 0.25) is 0 Å². The zero-order valence-electron chi connectivity index (χ0n) is 11.0. The molecule has 1 aliphatic rings. The fourth-order valence-electron chi connectivity index (χ4n) is 2.18. The third kappa shape index (κ3) is 3.36. The highest BCUT2D eigenvalue weighted by Crippen LogP contribution is 2.34. The van der Waals surface area contributed by atoms with Gasteiger partial charge in [0.25, 0.3) is 0 Å². The fourth-order valence-corrected chi connectivity index (χ4v) is 2.18. The van der Waals surface area contributed by atoms with Crippen molar-refractivity contribution in [2.75, 3.05) is 0 Å². The average molecular weight is 224 g/mol. The highest BCUT2D eigenvalue weighted by atomic mass is 16.5. The fraction of sp³-hybridized carbons (Fsp3) is 0.786. The summed E-state index contributed by atoms with van der Waals surface area (Å²) in [5, 5.41) is 0. The first-order valence-corrected chi connectivity index (χ1v) is 6.27. The van der Waals surface area contributed by atoms with E-state index in [-0.39, 0.29) is 18.0 Å². The molecule has 16 heavy (non-hydrogen) atoms. The maximum Gasteiger partial charge on any atom is 0.308 e. The number of hydrogen-bond donors (Lipinski definition) is 0. The second-order valence-corrected chi connectivity index (χ2v) is 5.46. The predicted octanol–water partition coefficient (Wildman–Crippen LogP) is 3.57. The molecule has 0 heterocycles. The Bertz CT molecular complexity index is 268. The van der Waals surface area contributed by atoms with Gasteiger partial charge in [0.1, 0.15) is 6.10 Å². The molecule has 0 spiro atoms. The van der Waals surface area contributed by atoms with Crippen molar-refractivity contribution >= 4 is 5.97 Å². The topological polar surface area (TPSA) is 26.3 Å². The second kappa shape index (κ2) is 5.51. The molecule has 2 nitrogen and oxygen atoms in total. The molecule has 0 N–H and O–H groups in total. The summed E-state index contributed by atoms with van der Waals surface area (Å²) in [6.07, 6.45) is 3.36. The molecule has 1 unspecified atom stereocenters. The Labute approximate surface area is 99.1 Å². The summed E-state index contributed by atoms with van der Waals surface area (Å²) in [7, 11) is 0. The number of ether oxygens (including phenoxy) is 1. The predicted molar refractivity (Wildman–Crippen MR) is 66.0 cm³/mol. The zero-order valence-corrected chi connectivity index (χ0v) is 11.0. The van der Waals surface area contributed by atoms with Crippen LogP contribution in [0.2, 0.25) is 0 Å². The SMILES string of the molecule is C=C(C)[C@@H]1CC[C@H](C)C(OC(=O)C(C)C)C1. The van der Waals surface area contributed by atoms with Crippen molar-refractivity contribution in [2.24, 2.45) is 17.8 Å². The summed E-state index contributed by atoms with van der Waals surface area (Å²) < 4.78 is 5.57. The van der Waals surface area contributed by atoms with Crippen LogP contribution in [0.25, 0.3) is 0 Å². The van der Waals surface area contributed by atoms with E-state index in [2.05, 4.69) is 20.4 Å². The van der Waals surface area contributed by atoms with E-state index in [1.807, 2.05) is 13.8 Å². The van der Waals surface area contributed by atoms with Gasteiger partial charge in [-0.3, -0.25) is 4.79 Å². The van der Waals surface area contributed by atoms with Crippen molar-refractivity contribution in [3.8, 4) is 0 Å². The van der Waals surface area contributed by atoms with Gasteiger partial charge in [-0.1, -0.05) is 32.9 Å². The Hall–Kier alpha value is -0.790. The third-order valence-corrected chi connectivity index (χ3v) is 3.56. The van der Waals surface area contributed by atoms with Crippen molar-refractivity contribution in [2.45, 2.75) is 53.1 Å². The number of hydrogen-bond acceptors (Lipinski definition) is 2. The van der Waals surface area contributed by atoms with Crippen LogP contribution in [0.15, 0.2) is 12.2 Å². The molecular weight excluding hydrogens is 200 g/mol. The van der Waals surface area contributed by atoms with Crippen molar-refractivity contribution in [3.05, 3.63) is 12.2 Å². The summed E-state index contributed by atoms with van der Waals surface area (Å²) in [5.41, 5.74) is 1.22. The highest BCUT2D eigenvalue weighted by molar-refractivity contribution is 5.71. The summed E-state index contributed by atoms with van der Waals surface area (Å²) in [4.78, 5) is 11.6. The maximum atomic E-state index is 11.6. The standard InChI is InChI=1S/C14H24O2/c1-9(2)12-7-6-11(5)13(8-12)16-14(15)10(3)4/h10-13H,1,6-8H2,2-5H3/t11-,12+,13?/m0/s1. The number of allylic oxidation sites excluding steroid dienone is 1. The van der Waals surface area contributed by atoms with Crippen LogP contribution in [-0.2, 0) is 9.53 Å². The molecule has 1 aliphatic carbocycles. The van der Waals surface area contributed by atoms with E-state index in [0.717, 1.165) is 12.8 Å². The molecule has 0 aromatic heterocycles. The van der Waals surface area contributed by atoms with E-state index in [9.17, 15) is 4.79 Å². The van der Waals surface area contributed by atoms with E-state index in [0.29, 0.717) is 11.8 Å². The molecule has 1 saturated carbocycles. The normalized spacial score (nSPS) is 30.2.